The lowest BCUT2D eigenvalue weighted by Gasteiger charge is -2.28. The van der Waals surface area contributed by atoms with E-state index in [1.807, 2.05) is 0 Å². The molecule has 0 bridgehead atoms. The molecule has 0 radical (unpaired) electrons. The van der Waals surface area contributed by atoms with E-state index in [2.05, 4.69) is 0 Å². The van der Waals surface area contributed by atoms with Crippen molar-refractivity contribution in [2.75, 3.05) is 38.4 Å². The minimum atomic E-state index is -3.06. The minimum Gasteiger partial charge on any atom is -0.484 e. The number of ether oxygens (including phenoxy) is 2. The average Bonchev–Trinajstić information content (AvgIpc) is 2.87. The highest BCUT2D eigenvalue weighted by Crippen LogP contribution is 2.19. The quantitative estimate of drug-likeness (QED) is 0.733. The first-order chi connectivity index (χ1) is 10.9. The third kappa shape index (κ3) is 5.37. The molecule has 1 saturated heterocycles. The summed E-state index contributed by atoms with van der Waals surface area (Å²) in [6.45, 7) is 0.546. The van der Waals surface area contributed by atoms with Gasteiger partial charge in [0.15, 0.2) is 16.4 Å². The molecule has 1 aliphatic rings. The number of sulfone groups is 1. The van der Waals surface area contributed by atoms with E-state index in [0.29, 0.717) is 30.3 Å². The number of rotatable bonds is 7. The van der Waals surface area contributed by atoms with E-state index in [-0.39, 0.29) is 30.1 Å². The standard InChI is InChI=1S/C15H20ClNO5S/c1-21-8-7-17(13-6-9-23(19,20)11-13)15(18)10-22-14-4-2-12(16)3-5-14/h2-5,13H,6-11H2,1H3/t13-/m1/s1. The third-order valence-corrected chi connectivity index (χ3v) is 5.68. The van der Waals surface area contributed by atoms with Crippen LogP contribution < -0.4 is 4.74 Å². The molecule has 0 spiro atoms. The monoisotopic (exact) mass is 361 g/mol. The third-order valence-electron chi connectivity index (χ3n) is 3.68. The minimum absolute atomic E-state index is 0.00337. The van der Waals surface area contributed by atoms with Crippen molar-refractivity contribution in [2.24, 2.45) is 0 Å². The first-order valence-electron chi connectivity index (χ1n) is 7.28. The predicted molar refractivity (Wildman–Crippen MR) is 87.6 cm³/mol. The van der Waals surface area contributed by atoms with Crippen LogP contribution in [0.1, 0.15) is 6.42 Å². The van der Waals surface area contributed by atoms with Crippen LogP contribution in [0.2, 0.25) is 5.02 Å². The SMILES string of the molecule is COCCN(C(=O)COc1ccc(Cl)cc1)[C@@H]1CCS(=O)(=O)C1. The lowest BCUT2D eigenvalue weighted by atomic mass is 10.2. The maximum Gasteiger partial charge on any atom is 0.260 e. The fourth-order valence-corrected chi connectivity index (χ4v) is 4.34. The Morgan fingerprint density at radius 1 is 1.35 bits per heavy atom. The van der Waals surface area contributed by atoms with Crippen molar-refractivity contribution < 1.29 is 22.7 Å². The van der Waals surface area contributed by atoms with Crippen LogP contribution >= 0.6 is 11.6 Å². The number of carbonyl (C=O) groups is 1. The van der Waals surface area contributed by atoms with Gasteiger partial charge in [0.2, 0.25) is 0 Å². The number of benzene rings is 1. The van der Waals surface area contributed by atoms with Gasteiger partial charge in [-0.2, -0.15) is 0 Å². The van der Waals surface area contributed by atoms with E-state index in [1.165, 1.54) is 7.11 Å². The van der Waals surface area contributed by atoms with Gasteiger partial charge in [-0.3, -0.25) is 4.79 Å². The van der Waals surface area contributed by atoms with Crippen molar-refractivity contribution in [1.29, 1.82) is 0 Å². The average molecular weight is 362 g/mol. The lowest BCUT2D eigenvalue weighted by Crippen LogP contribution is -2.45. The van der Waals surface area contributed by atoms with Crippen molar-refractivity contribution in [3.63, 3.8) is 0 Å². The maximum atomic E-state index is 12.4. The van der Waals surface area contributed by atoms with Crippen molar-refractivity contribution in [3.8, 4) is 5.75 Å². The molecule has 0 unspecified atom stereocenters. The van der Waals surface area contributed by atoms with Crippen molar-refractivity contribution in [1.82, 2.24) is 4.90 Å². The van der Waals surface area contributed by atoms with Crippen LogP contribution in [0.15, 0.2) is 24.3 Å². The molecule has 1 atom stereocenters. The van der Waals surface area contributed by atoms with Gasteiger partial charge in [-0.1, -0.05) is 11.6 Å². The van der Waals surface area contributed by atoms with Crippen LogP contribution in [0.3, 0.4) is 0 Å². The fraction of sp³-hybridized carbons (Fsp3) is 0.533. The molecule has 1 heterocycles. The molecule has 1 amide bonds. The van der Waals surface area contributed by atoms with Crippen LogP contribution in [0, 0.1) is 0 Å². The summed E-state index contributed by atoms with van der Waals surface area (Å²) in [5.41, 5.74) is 0. The molecular formula is C15H20ClNO5S. The topological polar surface area (TPSA) is 72.9 Å². The van der Waals surface area contributed by atoms with Gasteiger partial charge in [-0.25, -0.2) is 8.42 Å². The number of methoxy groups -OCH3 is 1. The Labute approximate surface area is 141 Å². The van der Waals surface area contributed by atoms with Crippen LogP contribution in [0.25, 0.3) is 0 Å². The summed E-state index contributed by atoms with van der Waals surface area (Å²) in [4.78, 5) is 14.0. The first-order valence-corrected chi connectivity index (χ1v) is 9.48. The molecule has 0 aromatic heterocycles. The van der Waals surface area contributed by atoms with Crippen LogP contribution in [0.5, 0.6) is 5.75 Å². The second-order valence-corrected chi connectivity index (χ2v) is 8.04. The normalized spacial score (nSPS) is 19.5. The highest BCUT2D eigenvalue weighted by molar-refractivity contribution is 7.91. The molecule has 1 aromatic carbocycles. The molecule has 0 aliphatic carbocycles. The fourth-order valence-electron chi connectivity index (χ4n) is 2.48. The lowest BCUT2D eigenvalue weighted by molar-refractivity contribution is -0.136. The molecule has 8 heteroatoms. The summed E-state index contributed by atoms with van der Waals surface area (Å²) in [6, 6.07) is 6.39. The molecule has 0 saturated carbocycles. The molecule has 1 aliphatic heterocycles. The highest BCUT2D eigenvalue weighted by atomic mass is 35.5. The van der Waals surface area contributed by atoms with Crippen LogP contribution in [-0.4, -0.2) is 63.6 Å². The largest absolute Gasteiger partial charge is 0.484 e. The summed E-state index contributed by atoms with van der Waals surface area (Å²) >= 11 is 5.79. The van der Waals surface area contributed by atoms with E-state index in [9.17, 15) is 13.2 Å². The maximum absolute atomic E-state index is 12.4. The second-order valence-electron chi connectivity index (χ2n) is 5.38. The highest BCUT2D eigenvalue weighted by Gasteiger charge is 2.34. The number of nitrogens with zero attached hydrogens (tertiary/aromatic N) is 1. The van der Waals surface area contributed by atoms with Gasteiger partial charge in [-0.05, 0) is 30.7 Å². The predicted octanol–water partition coefficient (Wildman–Crippen LogP) is 1.38. The van der Waals surface area contributed by atoms with Gasteiger partial charge in [0.1, 0.15) is 5.75 Å². The zero-order chi connectivity index (χ0) is 16.9. The van der Waals surface area contributed by atoms with Gasteiger partial charge < -0.3 is 14.4 Å². The molecule has 2 rings (SSSR count). The number of hydrogen-bond acceptors (Lipinski definition) is 5. The molecular weight excluding hydrogens is 342 g/mol. The van der Waals surface area contributed by atoms with Crippen molar-refractivity contribution >= 4 is 27.3 Å². The van der Waals surface area contributed by atoms with Crippen LogP contribution in [0.4, 0.5) is 0 Å². The summed E-state index contributed by atoms with van der Waals surface area (Å²) in [7, 11) is -1.52. The Morgan fingerprint density at radius 2 is 2.04 bits per heavy atom. The Morgan fingerprint density at radius 3 is 2.61 bits per heavy atom. The van der Waals surface area contributed by atoms with E-state index in [1.54, 1.807) is 29.2 Å². The van der Waals surface area contributed by atoms with Gasteiger partial charge >= 0.3 is 0 Å². The number of amides is 1. The molecule has 23 heavy (non-hydrogen) atoms. The Balaban J connectivity index is 1.97. The van der Waals surface area contributed by atoms with Gasteiger partial charge in [0.25, 0.3) is 5.91 Å². The summed E-state index contributed by atoms with van der Waals surface area (Å²) in [5, 5.41) is 0.585. The molecule has 1 aromatic rings. The van der Waals surface area contributed by atoms with E-state index < -0.39 is 9.84 Å². The van der Waals surface area contributed by atoms with Crippen molar-refractivity contribution in [2.45, 2.75) is 12.5 Å². The van der Waals surface area contributed by atoms with E-state index >= 15 is 0 Å². The molecule has 1 fully saturated rings. The number of halogens is 1. The van der Waals surface area contributed by atoms with E-state index in [0.717, 1.165) is 0 Å². The number of carbonyl (C=O) groups excluding carboxylic acids is 1. The Kier molecular flexibility index (Phi) is 6.26. The molecule has 0 N–H and O–H groups in total. The Bertz CT molecular complexity index is 632. The van der Waals surface area contributed by atoms with Gasteiger partial charge in [0, 0.05) is 24.7 Å². The smallest absolute Gasteiger partial charge is 0.260 e. The summed E-state index contributed by atoms with van der Waals surface area (Å²) in [6.07, 6.45) is 0.457. The van der Waals surface area contributed by atoms with Gasteiger partial charge in [-0.15, -0.1) is 0 Å². The molecule has 128 valence electrons. The Hall–Kier alpha value is -1.31. The molecule has 6 nitrogen and oxygen atoms in total. The zero-order valence-corrected chi connectivity index (χ0v) is 14.5. The summed E-state index contributed by atoms with van der Waals surface area (Å²) < 4.78 is 33.7. The van der Waals surface area contributed by atoms with Gasteiger partial charge in [0.05, 0.1) is 18.1 Å². The second kappa shape index (κ2) is 7.99. The summed E-state index contributed by atoms with van der Waals surface area (Å²) in [5.74, 6) is 0.406. The first kappa shape index (κ1) is 18.0. The van der Waals surface area contributed by atoms with Crippen molar-refractivity contribution in [3.05, 3.63) is 29.3 Å². The number of hydrogen-bond donors (Lipinski definition) is 0. The van der Waals surface area contributed by atoms with E-state index in [4.69, 9.17) is 21.1 Å². The zero-order valence-electron chi connectivity index (χ0n) is 12.9. The van der Waals surface area contributed by atoms with Crippen LogP contribution in [-0.2, 0) is 19.4 Å².